The Morgan fingerprint density at radius 3 is 2.36 bits per heavy atom. The van der Waals surface area contributed by atoms with Crippen LogP contribution in [0.25, 0.3) is 0 Å². The predicted molar refractivity (Wildman–Crippen MR) is 91.4 cm³/mol. The Bertz CT molecular complexity index is 540. The second kappa shape index (κ2) is 9.62. The quantitative estimate of drug-likeness (QED) is 0.604. The van der Waals surface area contributed by atoms with Crippen molar-refractivity contribution in [2.45, 2.75) is 25.7 Å². The highest BCUT2D eigenvalue weighted by Gasteiger charge is 2.26. The maximum absolute atomic E-state index is 12.2. The number of aliphatic imine (C=N–C) groups is 1. The average Bonchev–Trinajstić information content (AvgIpc) is 2.59. The van der Waals surface area contributed by atoms with Gasteiger partial charge in [0.2, 0.25) is 0 Å². The third-order valence-electron chi connectivity index (χ3n) is 3.92. The highest BCUT2D eigenvalue weighted by atomic mass is 19.4. The van der Waals surface area contributed by atoms with Gasteiger partial charge in [0.05, 0.1) is 19.6 Å². The van der Waals surface area contributed by atoms with Crippen LogP contribution in [-0.4, -0.2) is 56.9 Å². The van der Waals surface area contributed by atoms with E-state index >= 15 is 0 Å². The Morgan fingerprint density at radius 1 is 1.12 bits per heavy atom. The summed E-state index contributed by atoms with van der Waals surface area (Å²) in [6.45, 7) is 4.67. The fraction of sp³-hybridized carbons (Fsp3) is 0.588. The summed E-state index contributed by atoms with van der Waals surface area (Å²) in [7, 11) is 1.54. The molecule has 8 heteroatoms. The molecule has 0 aliphatic carbocycles. The van der Waals surface area contributed by atoms with Crippen LogP contribution in [0.2, 0.25) is 0 Å². The fourth-order valence-electron chi connectivity index (χ4n) is 2.51. The summed E-state index contributed by atoms with van der Waals surface area (Å²) in [6.07, 6.45) is -5.05. The highest BCUT2D eigenvalue weighted by molar-refractivity contribution is 5.79. The van der Waals surface area contributed by atoms with Gasteiger partial charge in [-0.3, -0.25) is 9.89 Å². The molecule has 25 heavy (non-hydrogen) atoms. The maximum atomic E-state index is 12.2. The standard InChI is InChI=1S/C17H25F3N4O/c1-21-16(22-7-6-17(18,19)20)23-12-14-2-4-15(5-3-14)13-24-8-10-25-11-9-24/h2-5H,6-13H2,1H3,(H2,21,22,23). The molecule has 0 bridgehead atoms. The number of ether oxygens (including phenoxy) is 1. The topological polar surface area (TPSA) is 48.9 Å². The van der Waals surface area contributed by atoms with Crippen LogP contribution < -0.4 is 10.6 Å². The third kappa shape index (κ3) is 7.74. The van der Waals surface area contributed by atoms with Gasteiger partial charge >= 0.3 is 6.18 Å². The molecular weight excluding hydrogens is 333 g/mol. The summed E-state index contributed by atoms with van der Waals surface area (Å²) in [4.78, 5) is 6.28. The third-order valence-corrected chi connectivity index (χ3v) is 3.92. The van der Waals surface area contributed by atoms with Gasteiger partial charge in [-0.2, -0.15) is 13.2 Å². The summed E-state index contributed by atoms with van der Waals surface area (Å²) in [5.74, 6) is 0.363. The van der Waals surface area contributed by atoms with E-state index in [-0.39, 0.29) is 6.54 Å². The molecule has 0 saturated carbocycles. The Morgan fingerprint density at radius 2 is 1.76 bits per heavy atom. The first-order valence-electron chi connectivity index (χ1n) is 8.35. The Hall–Kier alpha value is -1.80. The van der Waals surface area contributed by atoms with E-state index in [1.165, 1.54) is 12.6 Å². The van der Waals surface area contributed by atoms with Crippen molar-refractivity contribution in [2.75, 3.05) is 39.9 Å². The molecule has 0 atom stereocenters. The zero-order chi connectivity index (χ0) is 18.1. The molecule has 2 N–H and O–H groups in total. The van der Waals surface area contributed by atoms with Crippen LogP contribution in [0.15, 0.2) is 29.3 Å². The summed E-state index contributed by atoms with van der Waals surface area (Å²) < 4.78 is 41.8. The van der Waals surface area contributed by atoms with Crippen LogP contribution in [0.3, 0.4) is 0 Å². The molecule has 0 unspecified atom stereocenters. The molecule has 2 rings (SSSR count). The fourth-order valence-corrected chi connectivity index (χ4v) is 2.51. The van der Waals surface area contributed by atoms with E-state index in [4.69, 9.17) is 4.74 Å². The van der Waals surface area contributed by atoms with Gasteiger partial charge in [0, 0.05) is 39.8 Å². The molecule has 0 radical (unpaired) electrons. The number of morpholine rings is 1. The lowest BCUT2D eigenvalue weighted by Gasteiger charge is -2.26. The van der Waals surface area contributed by atoms with Gasteiger partial charge in [-0.1, -0.05) is 24.3 Å². The molecule has 1 fully saturated rings. The number of hydrogen-bond acceptors (Lipinski definition) is 3. The van der Waals surface area contributed by atoms with Crippen LogP contribution >= 0.6 is 0 Å². The number of benzene rings is 1. The number of hydrogen-bond donors (Lipinski definition) is 2. The van der Waals surface area contributed by atoms with Gasteiger partial charge < -0.3 is 15.4 Å². The summed E-state index contributed by atoms with van der Waals surface area (Å²) in [5, 5.41) is 5.68. The number of rotatable bonds is 6. The van der Waals surface area contributed by atoms with Crippen molar-refractivity contribution in [1.29, 1.82) is 0 Å². The monoisotopic (exact) mass is 358 g/mol. The number of halogens is 3. The predicted octanol–water partition coefficient (Wildman–Crippen LogP) is 2.14. The Labute approximate surface area is 146 Å². The van der Waals surface area contributed by atoms with E-state index in [9.17, 15) is 13.2 Å². The van der Waals surface area contributed by atoms with Gasteiger partial charge in [-0.25, -0.2) is 0 Å². The molecular formula is C17H25F3N4O. The summed E-state index contributed by atoms with van der Waals surface area (Å²) >= 11 is 0. The minimum Gasteiger partial charge on any atom is -0.379 e. The lowest BCUT2D eigenvalue weighted by molar-refractivity contribution is -0.132. The minimum atomic E-state index is -4.16. The second-order valence-electron chi connectivity index (χ2n) is 5.92. The van der Waals surface area contributed by atoms with Crippen molar-refractivity contribution in [2.24, 2.45) is 4.99 Å². The van der Waals surface area contributed by atoms with Gasteiger partial charge in [0.15, 0.2) is 5.96 Å². The van der Waals surface area contributed by atoms with Crippen LogP contribution in [0.4, 0.5) is 13.2 Å². The first-order chi connectivity index (χ1) is 12.0. The van der Waals surface area contributed by atoms with E-state index in [2.05, 4.69) is 32.7 Å². The molecule has 140 valence electrons. The van der Waals surface area contributed by atoms with E-state index in [0.29, 0.717) is 12.5 Å². The Balaban J connectivity index is 1.74. The van der Waals surface area contributed by atoms with Gasteiger partial charge in [0.1, 0.15) is 0 Å². The van der Waals surface area contributed by atoms with Gasteiger partial charge in [-0.05, 0) is 11.1 Å². The number of alkyl halides is 3. The first kappa shape index (κ1) is 19.5. The molecule has 1 aliphatic heterocycles. The lowest BCUT2D eigenvalue weighted by Crippen LogP contribution is -2.38. The van der Waals surface area contributed by atoms with Crippen molar-refractivity contribution >= 4 is 5.96 Å². The number of guanidine groups is 1. The van der Waals surface area contributed by atoms with Crippen molar-refractivity contribution < 1.29 is 17.9 Å². The highest BCUT2D eigenvalue weighted by Crippen LogP contribution is 2.18. The number of nitrogens with one attached hydrogen (secondary N) is 2. The molecule has 1 saturated heterocycles. The number of nitrogens with zero attached hydrogens (tertiary/aromatic N) is 2. The largest absolute Gasteiger partial charge is 0.390 e. The lowest BCUT2D eigenvalue weighted by atomic mass is 10.1. The molecule has 0 spiro atoms. The van der Waals surface area contributed by atoms with Crippen LogP contribution in [-0.2, 0) is 17.8 Å². The normalized spacial score (nSPS) is 16.7. The zero-order valence-corrected chi connectivity index (χ0v) is 14.4. The molecule has 1 aliphatic rings. The SMILES string of the molecule is CN=C(NCCC(F)(F)F)NCc1ccc(CN2CCOCC2)cc1. The van der Waals surface area contributed by atoms with Crippen LogP contribution in [0.1, 0.15) is 17.5 Å². The van der Waals surface area contributed by atoms with Crippen molar-refractivity contribution in [3.05, 3.63) is 35.4 Å². The zero-order valence-electron chi connectivity index (χ0n) is 14.4. The van der Waals surface area contributed by atoms with Gasteiger partial charge in [-0.15, -0.1) is 0 Å². The molecule has 1 heterocycles. The molecule has 0 aromatic heterocycles. The molecule has 1 aromatic rings. The van der Waals surface area contributed by atoms with E-state index in [0.717, 1.165) is 38.4 Å². The van der Waals surface area contributed by atoms with Gasteiger partial charge in [0.25, 0.3) is 0 Å². The molecule has 5 nitrogen and oxygen atoms in total. The molecule has 1 aromatic carbocycles. The minimum absolute atomic E-state index is 0.193. The van der Waals surface area contributed by atoms with Crippen LogP contribution in [0.5, 0.6) is 0 Å². The summed E-state index contributed by atoms with van der Waals surface area (Å²) in [5.41, 5.74) is 2.28. The van der Waals surface area contributed by atoms with Crippen molar-refractivity contribution in [3.63, 3.8) is 0 Å². The Kier molecular flexibility index (Phi) is 7.52. The van der Waals surface area contributed by atoms with E-state index < -0.39 is 12.6 Å². The van der Waals surface area contributed by atoms with Crippen molar-refractivity contribution in [3.8, 4) is 0 Å². The van der Waals surface area contributed by atoms with E-state index in [1.807, 2.05) is 12.1 Å². The van der Waals surface area contributed by atoms with Crippen LogP contribution in [0, 0.1) is 0 Å². The van der Waals surface area contributed by atoms with E-state index in [1.54, 1.807) is 0 Å². The second-order valence-corrected chi connectivity index (χ2v) is 5.92. The summed E-state index contributed by atoms with van der Waals surface area (Å²) in [6, 6.07) is 8.19. The average molecular weight is 358 g/mol. The van der Waals surface area contributed by atoms with Crippen molar-refractivity contribution in [1.82, 2.24) is 15.5 Å². The molecule has 0 amide bonds. The first-order valence-corrected chi connectivity index (χ1v) is 8.35. The maximum Gasteiger partial charge on any atom is 0.390 e. The smallest absolute Gasteiger partial charge is 0.379 e.